The fourth-order valence-electron chi connectivity index (χ4n) is 0. The molecule has 0 bridgehead atoms. The van der Waals surface area contributed by atoms with Crippen LogP contribution in [0.5, 0.6) is 0 Å². The summed E-state index contributed by atoms with van der Waals surface area (Å²) < 4.78 is 0. The van der Waals surface area contributed by atoms with Crippen molar-refractivity contribution < 1.29 is 32.7 Å². The predicted octanol–water partition coefficient (Wildman–Crippen LogP) is -2.84. The molecule has 0 aromatic carbocycles. The second-order valence-electron chi connectivity index (χ2n) is 0. The van der Waals surface area contributed by atoms with Gasteiger partial charge in [-0.05, 0) is 0 Å². The van der Waals surface area contributed by atoms with Crippen molar-refractivity contribution in [2.24, 2.45) is 0 Å². The van der Waals surface area contributed by atoms with Gasteiger partial charge in [-0.15, -0.1) is 0 Å². The normalized spacial score (nSPS) is 0. The van der Waals surface area contributed by atoms with Crippen molar-refractivity contribution in [1.82, 2.24) is 0 Å². The second-order valence-corrected chi connectivity index (χ2v) is 0. The quantitative estimate of drug-likeness (QED) is 0.433. The third-order valence-electron chi connectivity index (χ3n) is 0. The molecule has 0 aliphatic rings. The van der Waals surface area contributed by atoms with Crippen LogP contribution in [-0.2, 0) is 21.7 Å². The van der Waals surface area contributed by atoms with Gasteiger partial charge in [0.25, 0.3) is 0 Å². The summed E-state index contributed by atoms with van der Waals surface area (Å²) >= 11 is 0. The van der Waals surface area contributed by atoms with Gasteiger partial charge < -0.3 is 11.0 Å². The molecule has 0 radical (unpaired) electrons. The molecule has 0 aromatic rings. The Morgan fingerprint density at radius 2 is 0.750 bits per heavy atom. The Morgan fingerprint density at radius 3 is 0.750 bits per heavy atom. The van der Waals surface area contributed by atoms with Gasteiger partial charge in [-0.3, -0.25) is 0 Å². The van der Waals surface area contributed by atoms with Crippen LogP contribution in [0, 0.1) is 0 Å². The molecule has 0 amide bonds. The van der Waals surface area contributed by atoms with Crippen LogP contribution < -0.4 is 0 Å². The van der Waals surface area contributed by atoms with Gasteiger partial charge in [0.1, 0.15) is 0 Å². The average molecular weight is 296 g/mol. The molecule has 0 aliphatic carbocycles. The molecule has 0 rings (SSSR count). The van der Waals surface area contributed by atoms with Crippen molar-refractivity contribution in [2.45, 2.75) is 0 Å². The van der Waals surface area contributed by atoms with Crippen molar-refractivity contribution in [3.8, 4) is 0 Å². The molecule has 0 saturated heterocycles. The van der Waals surface area contributed by atoms with Crippen LogP contribution in [0.1, 0.15) is 0 Å². The molecule has 28 valence electrons. The van der Waals surface area contributed by atoms with Crippen molar-refractivity contribution in [2.75, 3.05) is 0 Å². The van der Waals surface area contributed by atoms with Crippen molar-refractivity contribution in [3.63, 3.8) is 0 Å². The molecule has 4 heteroatoms. The van der Waals surface area contributed by atoms with Gasteiger partial charge in [-0.1, -0.05) is 0 Å². The monoisotopic (exact) mass is 296 g/mol. The summed E-state index contributed by atoms with van der Waals surface area (Å²) in [6.45, 7) is 0. The molecular formula is H7BiO2Ti. The summed E-state index contributed by atoms with van der Waals surface area (Å²) in [6, 6.07) is 0. The third-order valence-corrected chi connectivity index (χ3v) is 0. The Hall–Kier alpha value is 1.52. The van der Waals surface area contributed by atoms with Gasteiger partial charge in [-0.25, -0.2) is 0 Å². The first kappa shape index (κ1) is 48.9. The fraction of sp³-hybridized carbons (Fsp3) is 0. The minimum absolute atomic E-state index is 0. The van der Waals surface area contributed by atoms with Gasteiger partial charge in [0, 0.05) is 21.7 Å². The molecule has 0 saturated carbocycles. The van der Waals surface area contributed by atoms with E-state index in [1.54, 1.807) is 0 Å². The summed E-state index contributed by atoms with van der Waals surface area (Å²) in [5, 5.41) is 0. The van der Waals surface area contributed by atoms with E-state index < -0.39 is 0 Å². The van der Waals surface area contributed by atoms with E-state index in [2.05, 4.69) is 0 Å². The Balaban J connectivity index is 0. The van der Waals surface area contributed by atoms with Crippen LogP contribution >= 0.6 is 0 Å². The van der Waals surface area contributed by atoms with Crippen molar-refractivity contribution in [1.29, 1.82) is 0 Å². The van der Waals surface area contributed by atoms with Crippen molar-refractivity contribution >= 4 is 26.2 Å². The first-order chi connectivity index (χ1) is 0. The van der Waals surface area contributed by atoms with Gasteiger partial charge in [0.15, 0.2) is 0 Å². The van der Waals surface area contributed by atoms with Gasteiger partial charge in [0.2, 0.25) is 0 Å². The molecule has 2 nitrogen and oxygen atoms in total. The van der Waals surface area contributed by atoms with Crippen LogP contribution in [0.2, 0.25) is 0 Å². The van der Waals surface area contributed by atoms with Gasteiger partial charge >= 0.3 is 26.2 Å². The molecule has 0 aliphatic heterocycles. The van der Waals surface area contributed by atoms with E-state index >= 15 is 0 Å². The predicted molar refractivity (Wildman–Crippen MR) is 17.2 cm³/mol. The van der Waals surface area contributed by atoms with Gasteiger partial charge in [-0.2, -0.15) is 0 Å². The van der Waals surface area contributed by atoms with E-state index in [4.69, 9.17) is 0 Å². The molecule has 4 N–H and O–H groups in total. The summed E-state index contributed by atoms with van der Waals surface area (Å²) in [6.07, 6.45) is 0. The minimum Gasteiger partial charge on any atom is 0 e. The SMILES string of the molecule is O.O.[BiH3].[Ti]. The fourth-order valence-corrected chi connectivity index (χ4v) is 0. The van der Waals surface area contributed by atoms with Crippen LogP contribution in [-0.4, -0.2) is 37.2 Å². The Kier molecular flexibility index (Phi) is 297. The van der Waals surface area contributed by atoms with Crippen LogP contribution in [0.4, 0.5) is 0 Å². The summed E-state index contributed by atoms with van der Waals surface area (Å²) in [4.78, 5) is 0. The minimum atomic E-state index is 0. The number of hydrogen-bond acceptors (Lipinski definition) is 0. The first-order valence-corrected chi connectivity index (χ1v) is 0. The molecule has 0 atom stereocenters. The summed E-state index contributed by atoms with van der Waals surface area (Å²) in [7, 11) is 0. The van der Waals surface area contributed by atoms with Crippen molar-refractivity contribution in [3.05, 3.63) is 0 Å². The van der Waals surface area contributed by atoms with E-state index in [0.29, 0.717) is 0 Å². The average Bonchev–Trinajstić information content (AvgIpc) is 0. The van der Waals surface area contributed by atoms with E-state index in [1.807, 2.05) is 0 Å². The zero-order valence-corrected chi connectivity index (χ0v) is 9.27. The molecule has 0 unspecified atom stereocenters. The summed E-state index contributed by atoms with van der Waals surface area (Å²) in [5.74, 6) is 0. The maximum Gasteiger partial charge on any atom is 0 e. The topological polar surface area (TPSA) is 63.0 Å². The molecule has 0 fully saturated rings. The van der Waals surface area contributed by atoms with E-state index in [9.17, 15) is 0 Å². The smallest absolute Gasteiger partial charge is 0 e. The van der Waals surface area contributed by atoms with Crippen LogP contribution in [0.25, 0.3) is 0 Å². The van der Waals surface area contributed by atoms with Crippen LogP contribution in [0.15, 0.2) is 0 Å². The number of rotatable bonds is 0. The Bertz CT molecular complexity index is 6.00. The molecular weight excluding hydrogens is 289 g/mol. The molecule has 4 heavy (non-hydrogen) atoms. The third kappa shape index (κ3) is 9.68. The molecule has 0 aromatic heterocycles. The van der Waals surface area contributed by atoms with Gasteiger partial charge in [0.05, 0.1) is 0 Å². The Labute approximate surface area is 58.6 Å². The van der Waals surface area contributed by atoms with E-state index in [0.717, 1.165) is 0 Å². The molecule has 0 spiro atoms. The standard InChI is InChI=1S/Bi.2H2O.Ti.3H/h;2*1H2;;;;. The summed E-state index contributed by atoms with van der Waals surface area (Å²) in [5.41, 5.74) is 0. The van der Waals surface area contributed by atoms with Crippen LogP contribution in [0.3, 0.4) is 0 Å². The zero-order chi connectivity index (χ0) is 0. The second kappa shape index (κ2) is 24.3. The Morgan fingerprint density at radius 1 is 0.750 bits per heavy atom. The number of hydrogen-bond donors (Lipinski definition) is 0. The maximum absolute atomic E-state index is 0. The molecule has 0 heterocycles. The maximum atomic E-state index is 0. The zero-order valence-electron chi connectivity index (χ0n) is 2.21. The first-order valence-electron chi connectivity index (χ1n) is 0. The van der Waals surface area contributed by atoms with E-state index in [-0.39, 0.29) is 58.9 Å². The van der Waals surface area contributed by atoms with E-state index in [1.165, 1.54) is 0 Å². The largest absolute Gasteiger partial charge is 0 e.